The second-order valence-electron chi connectivity index (χ2n) is 14.3. The van der Waals surface area contributed by atoms with E-state index >= 15 is 0 Å². The topological polar surface area (TPSA) is 64.7 Å². The normalized spacial score (nSPS) is 11.5. The Labute approximate surface area is 328 Å². The first-order valence-electron chi connectivity index (χ1n) is 19.0. The van der Waals surface area contributed by atoms with E-state index in [9.17, 15) is 0 Å². The van der Waals surface area contributed by atoms with Crippen molar-refractivity contribution in [2.24, 2.45) is 0 Å². The van der Waals surface area contributed by atoms with Gasteiger partial charge < -0.3 is 4.42 Å². The second-order valence-corrected chi connectivity index (χ2v) is 14.3. The van der Waals surface area contributed by atoms with Gasteiger partial charge in [0.1, 0.15) is 11.2 Å². The van der Waals surface area contributed by atoms with E-state index in [2.05, 4.69) is 157 Å². The Morgan fingerprint density at radius 2 is 0.860 bits per heavy atom. The summed E-state index contributed by atoms with van der Waals surface area (Å²) in [5.41, 5.74) is 14.9. The molecule has 11 aromatic rings. The molecule has 5 heteroatoms. The van der Waals surface area contributed by atoms with E-state index < -0.39 is 0 Å². The molecule has 0 N–H and O–H groups in total. The van der Waals surface area contributed by atoms with E-state index in [-0.39, 0.29) is 0 Å². The van der Waals surface area contributed by atoms with Crippen LogP contribution >= 0.6 is 0 Å². The molecule has 4 aromatic heterocycles. The Bertz CT molecular complexity index is 3260. The van der Waals surface area contributed by atoms with Gasteiger partial charge in [0.15, 0.2) is 5.82 Å². The van der Waals surface area contributed by atoms with E-state index in [4.69, 9.17) is 19.4 Å². The van der Waals surface area contributed by atoms with Crippen LogP contribution < -0.4 is 0 Å². The molecule has 0 aliphatic heterocycles. The van der Waals surface area contributed by atoms with Gasteiger partial charge in [-0.1, -0.05) is 152 Å². The van der Waals surface area contributed by atoms with Crippen molar-refractivity contribution in [3.8, 4) is 67.4 Å². The number of pyridine rings is 2. The average Bonchev–Trinajstić information content (AvgIpc) is 3.67. The lowest BCUT2D eigenvalue weighted by Gasteiger charge is -2.11. The van der Waals surface area contributed by atoms with Crippen LogP contribution in [0.15, 0.2) is 199 Å². The monoisotopic (exact) mass is 728 g/mol. The van der Waals surface area contributed by atoms with Crippen molar-refractivity contribution < 1.29 is 4.42 Å². The van der Waals surface area contributed by atoms with Gasteiger partial charge in [-0.3, -0.25) is 4.98 Å². The fraction of sp³-hybridized carbons (Fsp3) is 0. The summed E-state index contributed by atoms with van der Waals surface area (Å²) in [4.78, 5) is 19.8. The number of hydrogen-bond donors (Lipinski definition) is 0. The number of para-hydroxylation sites is 1. The first-order valence-corrected chi connectivity index (χ1v) is 19.0. The van der Waals surface area contributed by atoms with Crippen LogP contribution in [0.25, 0.3) is 111 Å². The van der Waals surface area contributed by atoms with Gasteiger partial charge in [0.2, 0.25) is 0 Å². The average molecular weight is 729 g/mol. The molecule has 0 saturated carbocycles. The van der Waals surface area contributed by atoms with Crippen molar-refractivity contribution in [3.05, 3.63) is 194 Å². The molecule has 0 unspecified atom stereocenters. The van der Waals surface area contributed by atoms with Crippen molar-refractivity contribution in [2.75, 3.05) is 0 Å². The van der Waals surface area contributed by atoms with Crippen LogP contribution in [0.1, 0.15) is 0 Å². The number of rotatable bonds is 6. The van der Waals surface area contributed by atoms with Crippen molar-refractivity contribution in [1.29, 1.82) is 0 Å². The molecular formula is C52H32N4O. The SMILES string of the molecule is c1ccc(-c2nc(-c3ccc(-c4ccc(-c5ccc6ccc7cccnc7c6n5)cc4)cc3)cc(-c3ccc(-c4ccc5oc6ccccc6c5c4)cc3)n2)cc1. The van der Waals surface area contributed by atoms with Crippen molar-refractivity contribution in [1.82, 2.24) is 19.9 Å². The highest BCUT2D eigenvalue weighted by molar-refractivity contribution is 6.06. The van der Waals surface area contributed by atoms with Gasteiger partial charge in [0.25, 0.3) is 0 Å². The molecule has 4 heterocycles. The maximum atomic E-state index is 6.07. The van der Waals surface area contributed by atoms with Crippen LogP contribution in [0.2, 0.25) is 0 Å². The van der Waals surface area contributed by atoms with Gasteiger partial charge in [0, 0.05) is 50.0 Å². The maximum Gasteiger partial charge on any atom is 0.160 e. The van der Waals surface area contributed by atoms with Crippen LogP contribution in [0.5, 0.6) is 0 Å². The summed E-state index contributed by atoms with van der Waals surface area (Å²) in [6, 6.07) is 65.1. The summed E-state index contributed by atoms with van der Waals surface area (Å²) >= 11 is 0. The van der Waals surface area contributed by atoms with Crippen LogP contribution in [-0.2, 0) is 0 Å². The number of fused-ring (bicyclic) bond motifs is 6. The summed E-state index contributed by atoms with van der Waals surface area (Å²) in [6.45, 7) is 0. The molecule has 0 aliphatic carbocycles. The summed E-state index contributed by atoms with van der Waals surface area (Å²) < 4.78 is 6.07. The Morgan fingerprint density at radius 1 is 0.316 bits per heavy atom. The van der Waals surface area contributed by atoms with Crippen LogP contribution in [0.3, 0.4) is 0 Å². The van der Waals surface area contributed by atoms with E-state index in [0.29, 0.717) is 5.82 Å². The molecule has 0 bridgehead atoms. The molecule has 57 heavy (non-hydrogen) atoms. The van der Waals surface area contributed by atoms with E-state index in [0.717, 1.165) is 105 Å². The summed E-state index contributed by atoms with van der Waals surface area (Å²) in [5.74, 6) is 0.690. The predicted octanol–water partition coefficient (Wildman–Crippen LogP) is 13.5. The van der Waals surface area contributed by atoms with Gasteiger partial charge in [0.05, 0.1) is 28.1 Å². The third kappa shape index (κ3) is 5.99. The van der Waals surface area contributed by atoms with Crippen molar-refractivity contribution in [2.45, 2.75) is 0 Å². The highest BCUT2D eigenvalue weighted by Crippen LogP contribution is 2.35. The fourth-order valence-corrected chi connectivity index (χ4v) is 7.75. The van der Waals surface area contributed by atoms with Crippen molar-refractivity contribution >= 4 is 43.7 Å². The summed E-state index contributed by atoms with van der Waals surface area (Å²) in [7, 11) is 0. The molecule has 266 valence electrons. The lowest BCUT2D eigenvalue weighted by atomic mass is 9.99. The molecule has 0 spiro atoms. The quantitative estimate of drug-likeness (QED) is 0.160. The standard InChI is InChI=1S/C52H32N4O/c1-2-7-41(8-3-1)52-55-46(32-47(56-52)38-22-16-35(17-23-38)42-27-29-49-44(31-42)43-10-4-5-11-48(43)57-49)37-20-14-34(15-21-37)33-12-18-36(19-13-33)45-28-26-40-25-24-39-9-6-30-53-50(39)51(40)54-45/h1-32H. The number of hydrogen-bond acceptors (Lipinski definition) is 5. The van der Waals surface area contributed by atoms with Crippen molar-refractivity contribution in [3.63, 3.8) is 0 Å². The van der Waals surface area contributed by atoms with Gasteiger partial charge >= 0.3 is 0 Å². The highest BCUT2D eigenvalue weighted by atomic mass is 16.3. The molecule has 0 fully saturated rings. The highest BCUT2D eigenvalue weighted by Gasteiger charge is 2.13. The largest absolute Gasteiger partial charge is 0.456 e. The third-order valence-corrected chi connectivity index (χ3v) is 10.8. The number of nitrogens with zero attached hydrogens (tertiary/aromatic N) is 4. The number of furan rings is 1. The Morgan fingerprint density at radius 3 is 1.56 bits per heavy atom. The molecule has 5 nitrogen and oxygen atoms in total. The minimum absolute atomic E-state index is 0.690. The first-order chi connectivity index (χ1) is 28.2. The van der Waals surface area contributed by atoms with Gasteiger partial charge in [-0.25, -0.2) is 15.0 Å². The zero-order valence-corrected chi connectivity index (χ0v) is 30.7. The van der Waals surface area contributed by atoms with E-state index in [1.54, 1.807) is 0 Å². The van der Waals surface area contributed by atoms with Gasteiger partial charge in [-0.05, 0) is 58.7 Å². The lowest BCUT2D eigenvalue weighted by Crippen LogP contribution is -1.96. The first kappa shape index (κ1) is 32.7. The molecule has 0 radical (unpaired) electrons. The van der Waals surface area contributed by atoms with Crippen LogP contribution in [0, 0.1) is 0 Å². The van der Waals surface area contributed by atoms with Gasteiger partial charge in [-0.15, -0.1) is 0 Å². The maximum absolute atomic E-state index is 6.07. The summed E-state index contributed by atoms with van der Waals surface area (Å²) in [5, 5.41) is 4.42. The minimum atomic E-state index is 0.690. The fourth-order valence-electron chi connectivity index (χ4n) is 7.75. The molecular weight excluding hydrogens is 697 g/mol. The number of aromatic nitrogens is 4. The number of benzene rings is 7. The Hall–Kier alpha value is -7.76. The van der Waals surface area contributed by atoms with Crippen LogP contribution in [0.4, 0.5) is 0 Å². The minimum Gasteiger partial charge on any atom is -0.456 e. The van der Waals surface area contributed by atoms with E-state index in [1.165, 1.54) is 0 Å². The van der Waals surface area contributed by atoms with E-state index in [1.807, 2.05) is 42.6 Å². The molecule has 0 amide bonds. The Kier molecular flexibility index (Phi) is 7.74. The lowest BCUT2D eigenvalue weighted by molar-refractivity contribution is 0.669. The molecule has 0 atom stereocenters. The third-order valence-electron chi connectivity index (χ3n) is 10.8. The van der Waals surface area contributed by atoms with Crippen LogP contribution in [-0.4, -0.2) is 19.9 Å². The molecule has 0 saturated heterocycles. The molecule has 11 rings (SSSR count). The zero-order valence-electron chi connectivity index (χ0n) is 30.7. The molecule has 0 aliphatic rings. The second kappa shape index (κ2) is 13.5. The zero-order chi connectivity index (χ0) is 37.7. The smallest absolute Gasteiger partial charge is 0.160 e. The van der Waals surface area contributed by atoms with Gasteiger partial charge in [-0.2, -0.15) is 0 Å². The summed E-state index contributed by atoms with van der Waals surface area (Å²) in [6.07, 6.45) is 1.83. The Balaban J connectivity index is 0.896. The predicted molar refractivity (Wildman–Crippen MR) is 233 cm³/mol. The molecule has 7 aromatic carbocycles.